The van der Waals surface area contributed by atoms with Crippen LogP contribution in [0.3, 0.4) is 0 Å². The summed E-state index contributed by atoms with van der Waals surface area (Å²) in [7, 11) is 2.56. The van der Waals surface area contributed by atoms with Gasteiger partial charge in [0.15, 0.2) is 0 Å². The van der Waals surface area contributed by atoms with Crippen LogP contribution in [0, 0.1) is 0 Å². The number of rotatable bonds is 7. The Hall–Kier alpha value is 0.137. The number of hydrogen-bond acceptors (Lipinski definition) is 2. The van der Waals surface area contributed by atoms with Gasteiger partial charge in [-0.1, -0.05) is 32.6 Å². The van der Waals surface area contributed by atoms with Gasteiger partial charge in [-0.05, 0) is 6.04 Å². The van der Waals surface area contributed by atoms with Crippen LogP contribution in [-0.4, -0.2) is 23.5 Å². The Labute approximate surface area is 71.7 Å². The highest BCUT2D eigenvalue weighted by Crippen LogP contribution is 2.06. The third kappa shape index (κ3) is 6.53. The molecule has 0 aliphatic rings. The van der Waals surface area contributed by atoms with Gasteiger partial charge in [-0.15, -0.1) is 0 Å². The van der Waals surface area contributed by atoms with Gasteiger partial charge in [-0.2, -0.15) is 0 Å². The maximum Gasteiger partial charge on any atom is 0.384 e. The maximum absolute atomic E-state index is 5.16. The third-order valence-electron chi connectivity index (χ3n) is 1.69. The van der Waals surface area contributed by atoms with Crippen LogP contribution in [0.5, 0.6) is 0 Å². The first-order chi connectivity index (χ1) is 5.35. The van der Waals surface area contributed by atoms with Crippen molar-refractivity contribution < 1.29 is 8.85 Å². The Kier molecular flexibility index (Phi) is 8.34. The molecule has 0 aromatic heterocycles. The van der Waals surface area contributed by atoms with Gasteiger partial charge < -0.3 is 8.85 Å². The van der Waals surface area contributed by atoms with E-state index in [2.05, 4.69) is 6.92 Å². The summed E-state index contributed by atoms with van der Waals surface area (Å²) in [5, 5.41) is 0. The summed E-state index contributed by atoms with van der Waals surface area (Å²) in [5.41, 5.74) is 0. The van der Waals surface area contributed by atoms with Crippen molar-refractivity contribution in [1.29, 1.82) is 0 Å². The summed E-state index contributed by atoms with van der Waals surface area (Å²) in [5.74, 6) is 0. The predicted molar refractivity (Wildman–Crippen MR) is 48.7 cm³/mol. The Morgan fingerprint density at radius 3 is 2.09 bits per heavy atom. The van der Waals surface area contributed by atoms with Gasteiger partial charge >= 0.3 is 9.28 Å². The first kappa shape index (κ1) is 11.1. The van der Waals surface area contributed by atoms with Crippen molar-refractivity contribution >= 4 is 9.28 Å². The summed E-state index contributed by atoms with van der Waals surface area (Å²) in [6.07, 6.45) is 5.20. The Morgan fingerprint density at radius 1 is 1.00 bits per heavy atom. The molecule has 0 bridgehead atoms. The van der Waals surface area contributed by atoms with Gasteiger partial charge in [-0.3, -0.25) is 0 Å². The van der Waals surface area contributed by atoms with Gasteiger partial charge in [0, 0.05) is 14.2 Å². The molecular weight excluding hydrogens is 156 g/mol. The normalized spacial score (nSPS) is 10.9. The number of unbranched alkanes of at least 4 members (excludes halogenated alkanes) is 3. The van der Waals surface area contributed by atoms with E-state index in [9.17, 15) is 0 Å². The van der Waals surface area contributed by atoms with Crippen LogP contribution >= 0.6 is 0 Å². The molecule has 0 aromatic carbocycles. The van der Waals surface area contributed by atoms with Crippen molar-refractivity contribution in [3.05, 3.63) is 0 Å². The Bertz CT molecular complexity index is 74.5. The lowest BCUT2D eigenvalue weighted by molar-refractivity contribution is 0.276. The van der Waals surface area contributed by atoms with E-state index in [0.717, 1.165) is 6.04 Å². The molecule has 2 nitrogen and oxygen atoms in total. The third-order valence-corrected chi connectivity index (χ3v) is 3.36. The average Bonchev–Trinajstić information content (AvgIpc) is 2.05. The van der Waals surface area contributed by atoms with Gasteiger partial charge in [-0.25, -0.2) is 0 Å². The van der Waals surface area contributed by atoms with Crippen molar-refractivity contribution in [1.82, 2.24) is 0 Å². The summed E-state index contributed by atoms with van der Waals surface area (Å²) in [6, 6.07) is 1.12. The summed E-state index contributed by atoms with van der Waals surface area (Å²) in [6.45, 7) is 2.22. The molecule has 0 saturated heterocycles. The minimum absolute atomic E-state index is 0.904. The van der Waals surface area contributed by atoms with E-state index in [4.69, 9.17) is 8.85 Å². The van der Waals surface area contributed by atoms with E-state index in [1.165, 1.54) is 25.7 Å². The van der Waals surface area contributed by atoms with Crippen molar-refractivity contribution in [3.8, 4) is 0 Å². The van der Waals surface area contributed by atoms with Gasteiger partial charge in [0.1, 0.15) is 0 Å². The fraction of sp³-hybridized carbons (Fsp3) is 1.00. The van der Waals surface area contributed by atoms with Crippen molar-refractivity contribution in [3.63, 3.8) is 0 Å². The molecule has 11 heavy (non-hydrogen) atoms. The lowest BCUT2D eigenvalue weighted by Gasteiger charge is -2.07. The highest BCUT2D eigenvalue weighted by atomic mass is 28.3. The standard InChI is InChI=1S/C8H19O2Si/c1-4-5-6-7-8-11(9-2)10-3/h4-8H2,1-3H3. The molecule has 0 amide bonds. The first-order valence-electron chi connectivity index (χ1n) is 4.29. The van der Waals surface area contributed by atoms with E-state index in [1.807, 2.05) is 0 Å². The van der Waals surface area contributed by atoms with Gasteiger partial charge in [0.25, 0.3) is 0 Å². The van der Waals surface area contributed by atoms with Gasteiger partial charge in [0.05, 0.1) is 0 Å². The van der Waals surface area contributed by atoms with Crippen LogP contribution in [0.25, 0.3) is 0 Å². The predicted octanol–water partition coefficient (Wildman–Crippen LogP) is 2.35. The van der Waals surface area contributed by atoms with E-state index >= 15 is 0 Å². The molecule has 0 atom stereocenters. The monoisotopic (exact) mass is 175 g/mol. The molecule has 1 radical (unpaired) electrons. The maximum atomic E-state index is 5.16. The van der Waals surface area contributed by atoms with E-state index in [0.29, 0.717) is 0 Å². The fourth-order valence-electron chi connectivity index (χ4n) is 0.984. The lowest BCUT2D eigenvalue weighted by atomic mass is 10.2. The molecule has 0 fully saturated rings. The van der Waals surface area contributed by atoms with Crippen LogP contribution in [0.2, 0.25) is 6.04 Å². The summed E-state index contributed by atoms with van der Waals surface area (Å²) >= 11 is 0. The second-order valence-electron chi connectivity index (χ2n) is 2.59. The highest BCUT2D eigenvalue weighted by Gasteiger charge is 2.09. The quantitative estimate of drug-likeness (QED) is 0.437. The minimum atomic E-state index is -0.904. The largest absolute Gasteiger partial charge is 0.397 e. The molecule has 0 saturated carbocycles. The summed E-state index contributed by atoms with van der Waals surface area (Å²) < 4.78 is 10.3. The molecule has 0 spiro atoms. The van der Waals surface area contributed by atoms with E-state index in [-0.39, 0.29) is 0 Å². The smallest absolute Gasteiger partial charge is 0.384 e. The zero-order valence-corrected chi connectivity index (χ0v) is 8.85. The molecule has 0 aromatic rings. The van der Waals surface area contributed by atoms with Crippen molar-refractivity contribution in [2.75, 3.05) is 14.2 Å². The van der Waals surface area contributed by atoms with Crippen LogP contribution in [0.15, 0.2) is 0 Å². The molecular formula is C8H19O2Si. The molecule has 0 heterocycles. The molecule has 67 valence electrons. The second-order valence-corrected chi connectivity index (χ2v) is 4.65. The minimum Gasteiger partial charge on any atom is -0.397 e. The first-order valence-corrected chi connectivity index (χ1v) is 5.81. The van der Waals surface area contributed by atoms with Crippen LogP contribution in [-0.2, 0) is 8.85 Å². The second kappa shape index (κ2) is 8.24. The van der Waals surface area contributed by atoms with E-state index in [1.54, 1.807) is 14.2 Å². The molecule has 0 N–H and O–H groups in total. The lowest BCUT2D eigenvalue weighted by Crippen LogP contribution is -2.18. The molecule has 0 aliphatic heterocycles. The fourth-order valence-corrected chi connectivity index (χ4v) is 2.10. The zero-order valence-electron chi connectivity index (χ0n) is 7.85. The van der Waals surface area contributed by atoms with Crippen molar-refractivity contribution in [2.24, 2.45) is 0 Å². The topological polar surface area (TPSA) is 18.5 Å². The Balaban J connectivity index is 3.07. The van der Waals surface area contributed by atoms with Crippen LogP contribution in [0.1, 0.15) is 32.6 Å². The van der Waals surface area contributed by atoms with Crippen LogP contribution in [0.4, 0.5) is 0 Å². The molecule has 0 unspecified atom stereocenters. The number of hydrogen-bond donors (Lipinski definition) is 0. The van der Waals surface area contributed by atoms with E-state index < -0.39 is 9.28 Å². The molecule has 0 aliphatic carbocycles. The van der Waals surface area contributed by atoms with Gasteiger partial charge in [0.2, 0.25) is 0 Å². The summed E-state index contributed by atoms with van der Waals surface area (Å²) in [4.78, 5) is 0. The average molecular weight is 175 g/mol. The van der Waals surface area contributed by atoms with Crippen LogP contribution < -0.4 is 0 Å². The molecule has 0 rings (SSSR count). The SMILES string of the molecule is CCCCCC[Si](OC)OC. The Morgan fingerprint density at radius 2 is 1.64 bits per heavy atom. The highest BCUT2D eigenvalue weighted by molar-refractivity contribution is 6.44. The van der Waals surface area contributed by atoms with Crippen molar-refractivity contribution in [2.45, 2.75) is 38.7 Å². The molecule has 3 heteroatoms. The zero-order chi connectivity index (χ0) is 8.53.